The molecule has 0 aromatic heterocycles. The van der Waals surface area contributed by atoms with Crippen molar-refractivity contribution in [2.75, 3.05) is 17.2 Å². The molecule has 0 saturated heterocycles. The van der Waals surface area contributed by atoms with Gasteiger partial charge in [0.2, 0.25) is 0 Å². The summed E-state index contributed by atoms with van der Waals surface area (Å²) in [5.41, 5.74) is 3.16. The molecule has 4 aromatic carbocycles. The maximum absolute atomic E-state index is 12.6. The lowest BCUT2D eigenvalue weighted by molar-refractivity contribution is -0.118. The summed E-state index contributed by atoms with van der Waals surface area (Å²) in [7, 11) is 0. The third kappa shape index (κ3) is 4.95. The summed E-state index contributed by atoms with van der Waals surface area (Å²) < 4.78 is 5.60. The van der Waals surface area contributed by atoms with Crippen LogP contribution in [0.3, 0.4) is 0 Å². The fourth-order valence-electron chi connectivity index (χ4n) is 3.52. The molecular formula is C27H24N2O3. The van der Waals surface area contributed by atoms with Crippen molar-refractivity contribution in [1.29, 1.82) is 0 Å². The van der Waals surface area contributed by atoms with Crippen LogP contribution in [0.2, 0.25) is 0 Å². The molecule has 0 bridgehead atoms. The first-order chi connectivity index (χ1) is 15.6. The van der Waals surface area contributed by atoms with Crippen LogP contribution in [0.4, 0.5) is 11.4 Å². The number of rotatable bonds is 7. The number of fused-ring (bicyclic) bond motifs is 1. The zero-order valence-electron chi connectivity index (χ0n) is 17.8. The Morgan fingerprint density at radius 3 is 2.25 bits per heavy atom. The average molecular weight is 425 g/mol. The third-order valence-corrected chi connectivity index (χ3v) is 5.20. The minimum atomic E-state index is -0.251. The molecule has 0 aliphatic carbocycles. The molecule has 32 heavy (non-hydrogen) atoms. The second kappa shape index (κ2) is 9.79. The van der Waals surface area contributed by atoms with Crippen molar-refractivity contribution in [2.24, 2.45) is 0 Å². The number of nitrogens with one attached hydrogen (secondary N) is 2. The Morgan fingerprint density at radius 2 is 1.44 bits per heavy atom. The first kappa shape index (κ1) is 21.1. The van der Waals surface area contributed by atoms with Gasteiger partial charge >= 0.3 is 0 Å². The van der Waals surface area contributed by atoms with E-state index in [0.29, 0.717) is 11.3 Å². The normalized spacial score (nSPS) is 10.5. The number of hydrogen-bond acceptors (Lipinski definition) is 3. The summed E-state index contributed by atoms with van der Waals surface area (Å²) in [6.07, 6.45) is 0.837. The smallest absolute Gasteiger partial charge is 0.262 e. The topological polar surface area (TPSA) is 67.4 Å². The van der Waals surface area contributed by atoms with Gasteiger partial charge in [-0.15, -0.1) is 0 Å². The van der Waals surface area contributed by atoms with Crippen molar-refractivity contribution >= 4 is 34.0 Å². The van der Waals surface area contributed by atoms with Gasteiger partial charge in [0, 0.05) is 22.3 Å². The number of anilines is 2. The van der Waals surface area contributed by atoms with E-state index in [-0.39, 0.29) is 18.4 Å². The molecule has 0 spiro atoms. The van der Waals surface area contributed by atoms with Gasteiger partial charge in [-0.25, -0.2) is 0 Å². The van der Waals surface area contributed by atoms with Crippen molar-refractivity contribution in [3.05, 3.63) is 102 Å². The molecule has 5 heteroatoms. The Balaban J connectivity index is 1.34. The summed E-state index contributed by atoms with van der Waals surface area (Å²) >= 11 is 0. The molecule has 0 radical (unpaired) electrons. The first-order valence-electron chi connectivity index (χ1n) is 10.5. The maximum Gasteiger partial charge on any atom is 0.262 e. The lowest BCUT2D eigenvalue weighted by atomic mass is 10.1. The Bertz CT molecular complexity index is 1240. The quantitative estimate of drug-likeness (QED) is 0.402. The number of ether oxygens (including phenoxy) is 1. The fraction of sp³-hybridized carbons (Fsp3) is 0.111. The average Bonchev–Trinajstić information content (AvgIpc) is 2.83. The molecule has 160 valence electrons. The van der Waals surface area contributed by atoms with Crippen molar-refractivity contribution in [3.8, 4) is 5.75 Å². The van der Waals surface area contributed by atoms with E-state index in [0.717, 1.165) is 34.1 Å². The summed E-state index contributed by atoms with van der Waals surface area (Å²) in [4.78, 5) is 24.9. The van der Waals surface area contributed by atoms with E-state index in [4.69, 9.17) is 4.74 Å². The minimum absolute atomic E-state index is 0.126. The van der Waals surface area contributed by atoms with E-state index in [1.807, 2.05) is 73.7 Å². The molecule has 0 atom stereocenters. The number of amides is 2. The zero-order valence-corrected chi connectivity index (χ0v) is 17.8. The van der Waals surface area contributed by atoms with Crippen LogP contribution < -0.4 is 15.4 Å². The molecule has 0 heterocycles. The SMILES string of the molecule is CCc1ccccc1NC(=O)c1ccc(OCC(=O)Nc2cccc3ccccc23)cc1. The van der Waals surface area contributed by atoms with Gasteiger partial charge in [0.1, 0.15) is 5.75 Å². The molecule has 4 aromatic rings. The molecule has 0 aliphatic heterocycles. The van der Waals surface area contributed by atoms with Crippen molar-refractivity contribution in [3.63, 3.8) is 0 Å². The molecule has 0 saturated carbocycles. The van der Waals surface area contributed by atoms with Crippen LogP contribution in [0.25, 0.3) is 10.8 Å². The first-order valence-corrected chi connectivity index (χ1v) is 10.5. The molecule has 2 amide bonds. The van der Waals surface area contributed by atoms with E-state index in [2.05, 4.69) is 10.6 Å². The van der Waals surface area contributed by atoms with Crippen molar-refractivity contribution in [2.45, 2.75) is 13.3 Å². The second-order valence-electron chi connectivity index (χ2n) is 7.35. The van der Waals surface area contributed by atoms with Gasteiger partial charge in [0.15, 0.2) is 6.61 Å². The van der Waals surface area contributed by atoms with Gasteiger partial charge in [-0.05, 0) is 53.8 Å². The second-order valence-corrected chi connectivity index (χ2v) is 7.35. The molecule has 0 unspecified atom stereocenters. The van der Waals surface area contributed by atoms with E-state index >= 15 is 0 Å². The number of aryl methyl sites for hydroxylation is 1. The monoisotopic (exact) mass is 424 g/mol. The zero-order chi connectivity index (χ0) is 22.3. The number of hydrogen-bond donors (Lipinski definition) is 2. The standard InChI is InChI=1S/C27H24N2O3/c1-2-19-8-4-6-12-24(19)29-27(31)21-14-16-22(17-15-21)32-18-26(30)28-25-13-7-10-20-9-3-5-11-23(20)25/h3-17H,2,18H2,1H3,(H,28,30)(H,29,31). The Kier molecular flexibility index (Phi) is 6.46. The number of carbonyl (C=O) groups is 2. The number of para-hydroxylation sites is 1. The minimum Gasteiger partial charge on any atom is -0.484 e. The van der Waals surface area contributed by atoms with Crippen LogP contribution in [-0.4, -0.2) is 18.4 Å². The van der Waals surface area contributed by atoms with Crippen LogP contribution >= 0.6 is 0 Å². The third-order valence-electron chi connectivity index (χ3n) is 5.20. The molecule has 5 nitrogen and oxygen atoms in total. The van der Waals surface area contributed by atoms with Gasteiger partial charge in [-0.3, -0.25) is 9.59 Å². The lowest BCUT2D eigenvalue weighted by Crippen LogP contribution is -2.20. The maximum atomic E-state index is 12.6. The van der Waals surface area contributed by atoms with Gasteiger partial charge in [-0.1, -0.05) is 61.5 Å². The largest absolute Gasteiger partial charge is 0.484 e. The molecule has 2 N–H and O–H groups in total. The van der Waals surface area contributed by atoms with Crippen LogP contribution in [-0.2, 0) is 11.2 Å². The van der Waals surface area contributed by atoms with Crippen molar-refractivity contribution < 1.29 is 14.3 Å². The fourth-order valence-corrected chi connectivity index (χ4v) is 3.52. The number of carbonyl (C=O) groups excluding carboxylic acids is 2. The molecule has 4 rings (SSSR count). The highest BCUT2D eigenvalue weighted by Gasteiger charge is 2.10. The highest BCUT2D eigenvalue weighted by Crippen LogP contribution is 2.23. The predicted molar refractivity (Wildman–Crippen MR) is 128 cm³/mol. The van der Waals surface area contributed by atoms with E-state index in [9.17, 15) is 9.59 Å². The van der Waals surface area contributed by atoms with Crippen LogP contribution in [0.1, 0.15) is 22.8 Å². The molecular weight excluding hydrogens is 400 g/mol. The Labute approximate surface area is 187 Å². The Hall–Kier alpha value is -4.12. The van der Waals surface area contributed by atoms with E-state index in [1.165, 1.54) is 0 Å². The Morgan fingerprint density at radius 1 is 0.750 bits per heavy atom. The number of benzene rings is 4. The lowest BCUT2D eigenvalue weighted by Gasteiger charge is -2.11. The van der Waals surface area contributed by atoms with E-state index < -0.39 is 0 Å². The summed E-state index contributed by atoms with van der Waals surface area (Å²) in [5.74, 6) is 0.0778. The summed E-state index contributed by atoms with van der Waals surface area (Å²) in [5, 5.41) is 7.87. The van der Waals surface area contributed by atoms with Crippen LogP contribution in [0, 0.1) is 0 Å². The summed E-state index contributed by atoms with van der Waals surface area (Å²) in [6.45, 7) is 1.92. The van der Waals surface area contributed by atoms with Crippen LogP contribution in [0.5, 0.6) is 5.75 Å². The summed E-state index contributed by atoms with van der Waals surface area (Å²) in [6, 6.07) is 28.1. The van der Waals surface area contributed by atoms with E-state index in [1.54, 1.807) is 24.3 Å². The van der Waals surface area contributed by atoms with Gasteiger partial charge in [0.25, 0.3) is 11.8 Å². The molecule has 0 fully saturated rings. The van der Waals surface area contributed by atoms with Gasteiger partial charge < -0.3 is 15.4 Å². The van der Waals surface area contributed by atoms with Gasteiger partial charge in [0.05, 0.1) is 0 Å². The van der Waals surface area contributed by atoms with Gasteiger partial charge in [-0.2, -0.15) is 0 Å². The highest BCUT2D eigenvalue weighted by atomic mass is 16.5. The molecule has 0 aliphatic rings. The predicted octanol–water partition coefficient (Wildman–Crippen LogP) is 5.67. The van der Waals surface area contributed by atoms with Crippen LogP contribution in [0.15, 0.2) is 91.0 Å². The highest BCUT2D eigenvalue weighted by molar-refractivity contribution is 6.05. The van der Waals surface area contributed by atoms with Crippen molar-refractivity contribution in [1.82, 2.24) is 0 Å².